The highest BCUT2D eigenvalue weighted by molar-refractivity contribution is 6.30. The first kappa shape index (κ1) is 36.9. The first-order valence-electron chi connectivity index (χ1n) is 17.3. The van der Waals surface area contributed by atoms with Gasteiger partial charge in [-0.1, -0.05) is 23.7 Å². The van der Waals surface area contributed by atoms with Crippen molar-refractivity contribution >= 4 is 23.0 Å². The molecule has 53 heavy (non-hydrogen) atoms. The minimum Gasteiger partial charge on any atom is -0.481 e. The molecule has 3 aliphatic rings. The maximum absolute atomic E-state index is 9.34. The van der Waals surface area contributed by atoms with Gasteiger partial charge in [-0.05, 0) is 49.2 Å². The fraction of sp³-hybridized carbons (Fsp3) is 0.333. The summed E-state index contributed by atoms with van der Waals surface area (Å²) in [7, 11) is 3.26. The number of anilines is 2. The predicted molar refractivity (Wildman–Crippen MR) is 201 cm³/mol. The summed E-state index contributed by atoms with van der Waals surface area (Å²) in [4.78, 5) is 29.4. The number of hydrogen-bond donors (Lipinski definition) is 1. The number of ether oxygens (including phenoxy) is 2. The zero-order chi connectivity index (χ0) is 37.3. The van der Waals surface area contributed by atoms with Gasteiger partial charge in [0.05, 0.1) is 65.9 Å². The molecule has 14 heteroatoms. The predicted octanol–water partition coefficient (Wildman–Crippen LogP) is 5.23. The summed E-state index contributed by atoms with van der Waals surface area (Å²) in [5.74, 6) is 1.32. The normalized spacial score (nSPS) is 14.0. The molecule has 2 aromatic carbocycles. The number of nitrogens with zero attached hydrogens (tertiary/aromatic N) is 10. The molecular weight excluding hydrogens is 690 g/mol. The van der Waals surface area contributed by atoms with Crippen LogP contribution in [0.4, 0.5) is 11.4 Å². The van der Waals surface area contributed by atoms with Crippen molar-refractivity contribution in [3.8, 4) is 23.9 Å². The number of nitriles is 2. The van der Waals surface area contributed by atoms with Gasteiger partial charge in [-0.25, -0.2) is 29.9 Å². The van der Waals surface area contributed by atoms with E-state index < -0.39 is 0 Å². The van der Waals surface area contributed by atoms with E-state index in [1.165, 1.54) is 6.33 Å². The second-order valence-corrected chi connectivity index (χ2v) is 13.1. The molecule has 13 nitrogen and oxygen atoms in total. The lowest BCUT2D eigenvalue weighted by Gasteiger charge is -2.31. The summed E-state index contributed by atoms with van der Waals surface area (Å²) in [5, 5.41) is 22.4. The molecule has 0 fully saturated rings. The van der Waals surface area contributed by atoms with E-state index in [4.69, 9.17) is 21.1 Å². The number of aryl methyl sites for hydroxylation is 2. The van der Waals surface area contributed by atoms with Crippen molar-refractivity contribution in [3.05, 3.63) is 117 Å². The Morgan fingerprint density at radius 3 is 1.70 bits per heavy atom. The van der Waals surface area contributed by atoms with Crippen LogP contribution in [0.5, 0.6) is 11.8 Å². The minimum absolute atomic E-state index is 0.505. The van der Waals surface area contributed by atoms with Gasteiger partial charge in [-0.3, -0.25) is 0 Å². The van der Waals surface area contributed by atoms with Gasteiger partial charge in [0, 0.05) is 63.1 Å². The minimum atomic E-state index is 0.505. The van der Waals surface area contributed by atoms with Crippen LogP contribution in [0, 0.1) is 36.5 Å². The molecule has 0 saturated carbocycles. The molecule has 1 N–H and O–H groups in total. The summed E-state index contributed by atoms with van der Waals surface area (Å²) < 4.78 is 10.5. The monoisotopic (exact) mass is 729 g/mol. The molecule has 3 aromatic heterocycles. The standard InChI is InChI=1S/C16H16N4O.C15H13ClN4.C8H11N3O/c1-11-3-4-15(12(7-11)8-17)20-6-5-14-13(9-20)16(21-2)19-10-18-14;1-10-2-3-14(11(6-10)7-17)20-5-4-13-12(8-20)15(16)19-9-18-13;1-12-8-6-4-9-3-2-7(6)10-5-11-8/h3-4,7,10H,5-6,9H2,1-2H3;2-3,6,9H,4-5,8H2,1H3;5,9H,2-4H2,1H3. The van der Waals surface area contributed by atoms with Crippen molar-refractivity contribution in [2.24, 2.45) is 0 Å². The lowest BCUT2D eigenvalue weighted by Crippen LogP contribution is -2.32. The first-order chi connectivity index (χ1) is 25.8. The van der Waals surface area contributed by atoms with Gasteiger partial charge < -0.3 is 24.6 Å². The quantitative estimate of drug-likeness (QED) is 0.240. The highest BCUT2D eigenvalue weighted by Gasteiger charge is 2.24. The molecule has 0 unspecified atom stereocenters. The number of fused-ring (bicyclic) bond motifs is 3. The molecule has 0 spiro atoms. The number of benzene rings is 2. The Hall–Kier alpha value is -5.89. The molecule has 5 aromatic rings. The molecular formula is C39H40ClN11O2. The second-order valence-electron chi connectivity index (χ2n) is 12.7. The number of rotatable bonds is 4. The number of hydrogen-bond acceptors (Lipinski definition) is 13. The van der Waals surface area contributed by atoms with E-state index in [0.29, 0.717) is 41.1 Å². The van der Waals surface area contributed by atoms with Gasteiger partial charge in [-0.15, -0.1) is 0 Å². The van der Waals surface area contributed by atoms with Crippen LogP contribution in [0.15, 0.2) is 55.4 Å². The van der Waals surface area contributed by atoms with Gasteiger partial charge in [0.15, 0.2) is 0 Å². The van der Waals surface area contributed by atoms with Crippen LogP contribution in [0.1, 0.15) is 56.0 Å². The van der Waals surface area contributed by atoms with Crippen molar-refractivity contribution in [1.29, 1.82) is 10.5 Å². The summed E-state index contributed by atoms with van der Waals surface area (Å²) >= 11 is 6.15. The van der Waals surface area contributed by atoms with Crippen LogP contribution in [-0.4, -0.2) is 63.8 Å². The molecule has 0 saturated heterocycles. The molecule has 8 rings (SSSR count). The van der Waals surface area contributed by atoms with Crippen molar-refractivity contribution in [2.75, 3.05) is 43.7 Å². The maximum Gasteiger partial charge on any atom is 0.221 e. The van der Waals surface area contributed by atoms with Gasteiger partial charge in [0.25, 0.3) is 0 Å². The van der Waals surface area contributed by atoms with E-state index in [1.807, 2.05) is 50.2 Å². The molecule has 0 bridgehead atoms. The van der Waals surface area contributed by atoms with Crippen LogP contribution in [-0.2, 0) is 38.9 Å². The molecule has 0 aliphatic carbocycles. The lowest BCUT2D eigenvalue weighted by atomic mass is 10.0. The molecule has 0 radical (unpaired) electrons. The Balaban J connectivity index is 0.000000141. The van der Waals surface area contributed by atoms with Crippen molar-refractivity contribution < 1.29 is 9.47 Å². The molecule has 0 amide bonds. The Kier molecular flexibility index (Phi) is 11.9. The number of halogens is 1. The zero-order valence-electron chi connectivity index (χ0n) is 30.2. The molecule has 0 atom stereocenters. The molecule has 6 heterocycles. The Bertz CT molecular complexity index is 2150. The Morgan fingerprint density at radius 1 is 0.660 bits per heavy atom. The Labute approximate surface area is 314 Å². The molecule has 3 aliphatic heterocycles. The third-order valence-corrected chi connectivity index (χ3v) is 9.69. The van der Waals surface area contributed by atoms with Crippen molar-refractivity contribution in [1.82, 2.24) is 35.2 Å². The lowest BCUT2D eigenvalue weighted by molar-refractivity contribution is 0.385. The van der Waals surface area contributed by atoms with Crippen LogP contribution in [0.2, 0.25) is 5.15 Å². The van der Waals surface area contributed by atoms with Crippen molar-refractivity contribution in [2.45, 2.75) is 52.7 Å². The van der Waals surface area contributed by atoms with E-state index in [0.717, 1.165) is 102 Å². The summed E-state index contributed by atoms with van der Waals surface area (Å²) in [5.41, 5.74) is 11.7. The number of aromatic nitrogens is 6. The van der Waals surface area contributed by atoms with E-state index in [1.54, 1.807) is 26.9 Å². The van der Waals surface area contributed by atoms with Gasteiger partial charge in [0.1, 0.15) is 36.3 Å². The van der Waals surface area contributed by atoms with E-state index in [2.05, 4.69) is 57.2 Å². The highest BCUT2D eigenvalue weighted by Crippen LogP contribution is 2.31. The van der Waals surface area contributed by atoms with E-state index in [-0.39, 0.29) is 0 Å². The van der Waals surface area contributed by atoms with Gasteiger partial charge in [0.2, 0.25) is 11.8 Å². The number of methoxy groups -OCH3 is 2. The summed E-state index contributed by atoms with van der Waals surface area (Å²) in [6.07, 6.45) is 7.21. The highest BCUT2D eigenvalue weighted by atomic mass is 35.5. The number of nitrogens with one attached hydrogen (secondary N) is 1. The average molecular weight is 730 g/mol. The topological polar surface area (TPSA) is 162 Å². The van der Waals surface area contributed by atoms with E-state index in [9.17, 15) is 10.5 Å². The SMILES string of the molecule is COc1ncnc2c1CN(c1ccc(C)cc1C#N)CC2.COc1ncnc2c1CNCC2.Cc1ccc(N2CCc3ncnc(Cl)c3C2)c(C#N)c1. The van der Waals surface area contributed by atoms with Crippen LogP contribution in [0.25, 0.3) is 0 Å². The van der Waals surface area contributed by atoms with Crippen LogP contribution >= 0.6 is 11.6 Å². The van der Waals surface area contributed by atoms with Gasteiger partial charge >= 0.3 is 0 Å². The zero-order valence-corrected chi connectivity index (χ0v) is 31.0. The van der Waals surface area contributed by atoms with E-state index >= 15 is 0 Å². The van der Waals surface area contributed by atoms with Crippen molar-refractivity contribution in [3.63, 3.8) is 0 Å². The second kappa shape index (κ2) is 17.1. The van der Waals surface area contributed by atoms with Gasteiger partial charge in [-0.2, -0.15) is 10.5 Å². The average Bonchev–Trinajstić information content (AvgIpc) is 3.20. The first-order valence-corrected chi connectivity index (χ1v) is 17.6. The fourth-order valence-electron chi connectivity index (χ4n) is 6.66. The molecule has 270 valence electrons. The van der Waals surface area contributed by atoms with Crippen LogP contribution in [0.3, 0.4) is 0 Å². The third kappa shape index (κ3) is 8.44. The summed E-state index contributed by atoms with van der Waals surface area (Å²) in [6, 6.07) is 16.4. The summed E-state index contributed by atoms with van der Waals surface area (Å²) in [6.45, 7) is 8.77. The van der Waals surface area contributed by atoms with Crippen LogP contribution < -0.4 is 24.6 Å². The third-order valence-electron chi connectivity index (χ3n) is 9.36. The smallest absolute Gasteiger partial charge is 0.221 e. The largest absolute Gasteiger partial charge is 0.481 e. The Morgan fingerprint density at radius 2 is 1.15 bits per heavy atom. The fourth-order valence-corrected chi connectivity index (χ4v) is 6.87. The maximum atomic E-state index is 9.34.